The average Bonchev–Trinajstić information content (AvgIpc) is 2.80. The van der Waals surface area contributed by atoms with Crippen LogP contribution >= 0.6 is 0 Å². The fourth-order valence-corrected chi connectivity index (χ4v) is 3.67. The second-order valence-corrected chi connectivity index (χ2v) is 9.24. The Bertz CT molecular complexity index is 1050. The molecule has 0 bridgehead atoms. The first-order valence-electron chi connectivity index (χ1n) is 12.0. The lowest BCUT2D eigenvalue weighted by Crippen LogP contribution is -2.40. The summed E-state index contributed by atoms with van der Waals surface area (Å²) in [6, 6.07) is 13.4. The summed E-state index contributed by atoms with van der Waals surface area (Å²) in [6.45, 7) is 7.59. The van der Waals surface area contributed by atoms with Gasteiger partial charge in [0, 0.05) is 35.4 Å². The van der Waals surface area contributed by atoms with Gasteiger partial charge in [-0.15, -0.1) is 0 Å². The molecule has 0 saturated heterocycles. The van der Waals surface area contributed by atoms with Crippen molar-refractivity contribution in [3.8, 4) is 0 Å². The molecule has 0 heterocycles. The van der Waals surface area contributed by atoms with Crippen molar-refractivity contribution in [2.45, 2.75) is 53.0 Å². The Morgan fingerprint density at radius 3 is 2.03 bits per heavy atom. The Hall–Kier alpha value is -3.88. The number of nitrogens with one attached hydrogen (secondary N) is 4. The largest absolute Gasteiger partial charge is 0.469 e. The van der Waals surface area contributed by atoms with Gasteiger partial charge in [0.15, 0.2) is 0 Å². The van der Waals surface area contributed by atoms with E-state index in [1.165, 1.54) is 7.11 Å². The molecular weight excluding hydrogens is 460 g/mol. The van der Waals surface area contributed by atoms with E-state index in [1.54, 1.807) is 31.2 Å². The molecule has 0 spiro atoms. The zero-order valence-corrected chi connectivity index (χ0v) is 21.5. The molecule has 194 valence electrons. The Kier molecular flexibility index (Phi) is 10.9. The maximum absolute atomic E-state index is 12.8. The SMILES string of the molecule is COC(=O)C[C@@H](C)NC(=O)C(CC(=O)Nc1ccc(NC(=O)Nc2ccccc2C)cc1)CC(C)C. The lowest BCUT2D eigenvalue weighted by atomic mass is 9.92. The third-order valence-corrected chi connectivity index (χ3v) is 5.47. The number of carbonyl (C=O) groups excluding carboxylic acids is 4. The standard InChI is InChI=1S/C27H36N4O5/c1-17(2)14-20(26(34)28-19(4)15-25(33)36-5)16-24(32)29-21-10-12-22(13-11-21)30-27(35)31-23-9-7-6-8-18(23)3/h6-13,17,19-20H,14-16H2,1-5H3,(H,28,34)(H,29,32)(H2,30,31,35)/t19-,20?/m1/s1. The first-order valence-corrected chi connectivity index (χ1v) is 12.0. The van der Waals surface area contributed by atoms with Crippen LogP contribution in [-0.4, -0.2) is 37.0 Å². The average molecular weight is 497 g/mol. The fraction of sp³-hybridized carbons (Fsp3) is 0.407. The number of urea groups is 1. The highest BCUT2D eigenvalue weighted by Gasteiger charge is 2.25. The van der Waals surface area contributed by atoms with Gasteiger partial charge >= 0.3 is 12.0 Å². The Balaban J connectivity index is 1.91. The fourth-order valence-electron chi connectivity index (χ4n) is 3.67. The molecule has 4 N–H and O–H groups in total. The third kappa shape index (κ3) is 9.77. The molecule has 9 nitrogen and oxygen atoms in total. The number of methoxy groups -OCH3 is 1. The highest BCUT2D eigenvalue weighted by atomic mass is 16.5. The molecule has 0 radical (unpaired) electrons. The van der Waals surface area contributed by atoms with E-state index in [1.807, 2.05) is 45.0 Å². The highest BCUT2D eigenvalue weighted by Crippen LogP contribution is 2.20. The molecule has 2 aromatic carbocycles. The van der Waals surface area contributed by atoms with Crippen molar-refractivity contribution in [1.82, 2.24) is 5.32 Å². The second kappa shape index (κ2) is 13.9. The summed E-state index contributed by atoms with van der Waals surface area (Å²) >= 11 is 0. The van der Waals surface area contributed by atoms with Crippen molar-refractivity contribution in [3.63, 3.8) is 0 Å². The van der Waals surface area contributed by atoms with Gasteiger partial charge in [0.2, 0.25) is 11.8 Å². The van der Waals surface area contributed by atoms with E-state index in [2.05, 4.69) is 26.0 Å². The predicted molar refractivity (Wildman–Crippen MR) is 141 cm³/mol. The van der Waals surface area contributed by atoms with Crippen molar-refractivity contribution in [1.29, 1.82) is 0 Å². The maximum Gasteiger partial charge on any atom is 0.323 e. The molecule has 1 unspecified atom stereocenters. The van der Waals surface area contributed by atoms with Crippen LogP contribution in [0.4, 0.5) is 21.9 Å². The van der Waals surface area contributed by atoms with Gasteiger partial charge in [0.1, 0.15) is 0 Å². The normalized spacial score (nSPS) is 12.3. The summed E-state index contributed by atoms with van der Waals surface area (Å²) < 4.78 is 4.64. The van der Waals surface area contributed by atoms with Gasteiger partial charge in [0.25, 0.3) is 0 Å². The zero-order chi connectivity index (χ0) is 26.7. The first-order chi connectivity index (χ1) is 17.1. The quantitative estimate of drug-likeness (QED) is 0.336. The van der Waals surface area contributed by atoms with Gasteiger partial charge in [-0.2, -0.15) is 0 Å². The summed E-state index contributed by atoms with van der Waals surface area (Å²) in [5, 5.41) is 11.2. The van der Waals surface area contributed by atoms with Crippen LogP contribution in [0.5, 0.6) is 0 Å². The molecule has 0 aliphatic carbocycles. The summed E-state index contributed by atoms with van der Waals surface area (Å²) in [4.78, 5) is 49.1. The van der Waals surface area contributed by atoms with Crippen molar-refractivity contribution in [3.05, 3.63) is 54.1 Å². The van der Waals surface area contributed by atoms with Crippen LogP contribution in [0, 0.1) is 18.8 Å². The molecule has 9 heteroatoms. The van der Waals surface area contributed by atoms with Crippen LogP contribution < -0.4 is 21.3 Å². The number of rotatable bonds is 11. The first kappa shape index (κ1) is 28.4. The van der Waals surface area contributed by atoms with Gasteiger partial charge in [-0.25, -0.2) is 4.79 Å². The molecule has 0 fully saturated rings. The van der Waals surface area contributed by atoms with E-state index in [-0.39, 0.29) is 36.6 Å². The Morgan fingerprint density at radius 1 is 0.833 bits per heavy atom. The van der Waals surface area contributed by atoms with Gasteiger partial charge in [-0.3, -0.25) is 14.4 Å². The number of benzene rings is 2. The number of esters is 1. The van der Waals surface area contributed by atoms with Gasteiger partial charge in [-0.1, -0.05) is 32.0 Å². The molecule has 0 aromatic heterocycles. The summed E-state index contributed by atoms with van der Waals surface area (Å²) in [5.74, 6) is -1.30. The number of hydrogen-bond acceptors (Lipinski definition) is 5. The third-order valence-electron chi connectivity index (χ3n) is 5.47. The van der Waals surface area contributed by atoms with E-state index in [4.69, 9.17) is 0 Å². The highest BCUT2D eigenvalue weighted by molar-refractivity contribution is 6.00. The van der Waals surface area contributed by atoms with Crippen molar-refractivity contribution < 1.29 is 23.9 Å². The molecule has 0 saturated carbocycles. The topological polar surface area (TPSA) is 126 Å². The minimum atomic E-state index is -0.531. The van der Waals surface area contributed by atoms with Crippen LogP contribution in [0.15, 0.2) is 48.5 Å². The van der Waals surface area contributed by atoms with Crippen LogP contribution in [0.2, 0.25) is 0 Å². The van der Waals surface area contributed by atoms with Crippen LogP contribution in [-0.2, 0) is 19.1 Å². The van der Waals surface area contributed by atoms with E-state index in [0.29, 0.717) is 17.8 Å². The van der Waals surface area contributed by atoms with Gasteiger partial charge in [0.05, 0.1) is 13.5 Å². The number of anilines is 3. The van der Waals surface area contributed by atoms with E-state index >= 15 is 0 Å². The number of aryl methyl sites for hydroxylation is 1. The van der Waals surface area contributed by atoms with E-state index in [0.717, 1.165) is 11.3 Å². The van der Waals surface area contributed by atoms with Crippen molar-refractivity contribution in [2.24, 2.45) is 11.8 Å². The smallest absolute Gasteiger partial charge is 0.323 e. The molecule has 2 aromatic rings. The minimum Gasteiger partial charge on any atom is -0.469 e. The zero-order valence-electron chi connectivity index (χ0n) is 21.5. The molecule has 4 amide bonds. The minimum absolute atomic E-state index is 0.00773. The number of para-hydroxylation sites is 1. The van der Waals surface area contributed by atoms with Crippen LogP contribution in [0.3, 0.4) is 0 Å². The van der Waals surface area contributed by atoms with Gasteiger partial charge < -0.3 is 26.0 Å². The Labute approximate surface area is 212 Å². The van der Waals surface area contributed by atoms with Crippen LogP contribution in [0.1, 0.15) is 45.6 Å². The molecule has 36 heavy (non-hydrogen) atoms. The molecule has 2 rings (SSSR count). The summed E-state index contributed by atoms with van der Waals surface area (Å²) in [6.07, 6.45) is 0.600. The number of ether oxygens (including phenoxy) is 1. The lowest BCUT2D eigenvalue weighted by molar-refractivity contribution is -0.141. The van der Waals surface area contributed by atoms with Crippen molar-refractivity contribution >= 4 is 40.9 Å². The number of carbonyl (C=O) groups is 4. The van der Waals surface area contributed by atoms with E-state index in [9.17, 15) is 19.2 Å². The number of hydrogen-bond donors (Lipinski definition) is 4. The molecule has 2 atom stereocenters. The summed E-state index contributed by atoms with van der Waals surface area (Å²) in [7, 11) is 1.30. The predicted octanol–water partition coefficient (Wildman–Crippen LogP) is 4.70. The lowest BCUT2D eigenvalue weighted by Gasteiger charge is -2.21. The molecule has 0 aliphatic rings. The van der Waals surface area contributed by atoms with Crippen molar-refractivity contribution in [2.75, 3.05) is 23.1 Å². The monoisotopic (exact) mass is 496 g/mol. The Morgan fingerprint density at radius 2 is 1.44 bits per heavy atom. The number of amides is 4. The maximum atomic E-state index is 12.8. The van der Waals surface area contributed by atoms with E-state index < -0.39 is 17.9 Å². The molecule has 0 aliphatic heterocycles. The van der Waals surface area contributed by atoms with Gasteiger partial charge in [-0.05, 0) is 62.1 Å². The van der Waals surface area contributed by atoms with Crippen LogP contribution in [0.25, 0.3) is 0 Å². The second-order valence-electron chi connectivity index (χ2n) is 9.24. The molecular formula is C27H36N4O5. The summed E-state index contributed by atoms with van der Waals surface area (Å²) in [5.41, 5.74) is 2.79.